The van der Waals surface area contributed by atoms with Gasteiger partial charge in [0.1, 0.15) is 22.6 Å². The zero-order valence-corrected chi connectivity index (χ0v) is 15.1. The first-order valence-electron chi connectivity index (χ1n) is 8.59. The second-order valence-electron chi connectivity index (χ2n) is 5.93. The molecular weight excluding hydrogens is 348 g/mol. The topological polar surface area (TPSA) is 93.1 Å². The maximum absolute atomic E-state index is 11.4. The van der Waals surface area contributed by atoms with Crippen LogP contribution in [0.25, 0.3) is 0 Å². The number of aromatic carboxylic acids is 2. The van der Waals surface area contributed by atoms with Gasteiger partial charge in [-0.05, 0) is 37.1 Å². The zero-order chi connectivity index (χ0) is 19.8. The molecule has 6 nitrogen and oxygen atoms in total. The normalized spacial score (nSPS) is 10.4. The fraction of sp³-hybridized carbons (Fsp3) is 0.238. The van der Waals surface area contributed by atoms with Gasteiger partial charge < -0.3 is 19.7 Å². The molecule has 2 rings (SSSR count). The summed E-state index contributed by atoms with van der Waals surface area (Å²) in [6.45, 7) is 6.02. The number of hydrogen-bond acceptors (Lipinski definition) is 4. The van der Waals surface area contributed by atoms with Crippen molar-refractivity contribution in [3.8, 4) is 11.5 Å². The highest BCUT2D eigenvalue weighted by Gasteiger charge is 2.22. The van der Waals surface area contributed by atoms with Crippen molar-refractivity contribution in [3.05, 3.63) is 71.8 Å². The third kappa shape index (κ3) is 5.34. The minimum absolute atomic E-state index is 0.0130. The summed E-state index contributed by atoms with van der Waals surface area (Å²) < 4.78 is 11.6. The Labute approximate surface area is 157 Å². The Balaban J connectivity index is 2.34. The molecule has 0 heterocycles. The average molecular weight is 370 g/mol. The van der Waals surface area contributed by atoms with E-state index >= 15 is 0 Å². The number of para-hydroxylation sites is 2. The van der Waals surface area contributed by atoms with Crippen LogP contribution in [0.5, 0.6) is 11.5 Å². The first-order valence-corrected chi connectivity index (χ1v) is 8.59. The Hall–Kier alpha value is -3.28. The number of unbranched alkanes of at least 4 members (excludes halogenated alkanes) is 1. The van der Waals surface area contributed by atoms with E-state index in [4.69, 9.17) is 9.47 Å². The number of carbonyl (C=O) groups is 2. The van der Waals surface area contributed by atoms with Gasteiger partial charge in [0.25, 0.3) is 6.29 Å². The molecule has 0 unspecified atom stereocenters. The van der Waals surface area contributed by atoms with Crippen LogP contribution in [0.4, 0.5) is 0 Å². The monoisotopic (exact) mass is 370 g/mol. The molecule has 0 aliphatic heterocycles. The number of ether oxygens (including phenoxy) is 2. The van der Waals surface area contributed by atoms with Crippen LogP contribution < -0.4 is 9.47 Å². The van der Waals surface area contributed by atoms with Crippen LogP contribution in [0.1, 0.15) is 46.9 Å². The van der Waals surface area contributed by atoms with Crippen LogP contribution in [0.2, 0.25) is 0 Å². The fourth-order valence-corrected chi connectivity index (χ4v) is 2.44. The predicted molar refractivity (Wildman–Crippen MR) is 101 cm³/mol. The summed E-state index contributed by atoms with van der Waals surface area (Å²) in [7, 11) is 0. The maximum Gasteiger partial charge on any atom is 0.339 e. The molecule has 0 spiro atoms. The highest BCUT2D eigenvalue weighted by Crippen LogP contribution is 2.27. The zero-order valence-electron chi connectivity index (χ0n) is 15.1. The van der Waals surface area contributed by atoms with Gasteiger partial charge in [0.2, 0.25) is 0 Å². The molecular formula is C21H22O6. The molecule has 2 aromatic carbocycles. The summed E-state index contributed by atoms with van der Waals surface area (Å²) in [5.74, 6) is -2.01. The van der Waals surface area contributed by atoms with E-state index in [0.29, 0.717) is 12.0 Å². The Morgan fingerprint density at radius 3 is 1.78 bits per heavy atom. The lowest BCUT2D eigenvalue weighted by molar-refractivity contribution is 0.0311. The molecule has 6 heteroatoms. The summed E-state index contributed by atoms with van der Waals surface area (Å²) in [5, 5.41) is 18.7. The lowest BCUT2D eigenvalue weighted by atomic mass is 10.1. The molecule has 0 radical (unpaired) electrons. The van der Waals surface area contributed by atoms with Crippen molar-refractivity contribution in [3.63, 3.8) is 0 Å². The van der Waals surface area contributed by atoms with Gasteiger partial charge in [0, 0.05) is 5.57 Å². The number of hydrogen-bond donors (Lipinski definition) is 2. The first-order chi connectivity index (χ1) is 12.9. The van der Waals surface area contributed by atoms with Crippen molar-refractivity contribution in [2.75, 3.05) is 0 Å². The van der Waals surface area contributed by atoms with Gasteiger partial charge in [-0.2, -0.15) is 0 Å². The molecule has 27 heavy (non-hydrogen) atoms. The van der Waals surface area contributed by atoms with E-state index in [1.54, 1.807) is 24.3 Å². The van der Waals surface area contributed by atoms with Gasteiger partial charge in [-0.15, -0.1) is 0 Å². The third-order valence-corrected chi connectivity index (χ3v) is 3.89. The molecule has 0 aliphatic rings. The minimum atomic E-state index is -1.13. The highest BCUT2D eigenvalue weighted by molar-refractivity contribution is 5.91. The lowest BCUT2D eigenvalue weighted by Gasteiger charge is -2.24. The third-order valence-electron chi connectivity index (χ3n) is 3.89. The first kappa shape index (κ1) is 20.0. The van der Waals surface area contributed by atoms with E-state index < -0.39 is 18.2 Å². The number of carboxylic acid groups (broad SMARTS) is 2. The molecule has 2 N–H and O–H groups in total. The van der Waals surface area contributed by atoms with Gasteiger partial charge >= 0.3 is 11.9 Å². The largest absolute Gasteiger partial charge is 0.478 e. The molecule has 2 aromatic rings. The summed E-state index contributed by atoms with van der Waals surface area (Å²) >= 11 is 0. The Morgan fingerprint density at radius 1 is 0.926 bits per heavy atom. The fourth-order valence-electron chi connectivity index (χ4n) is 2.44. The Bertz CT molecular complexity index is 767. The van der Waals surface area contributed by atoms with Crippen LogP contribution in [0.15, 0.2) is 60.7 Å². The summed E-state index contributed by atoms with van der Waals surface area (Å²) in [6, 6.07) is 12.4. The molecule has 0 amide bonds. The highest BCUT2D eigenvalue weighted by atomic mass is 16.7. The second kappa shape index (κ2) is 9.43. The maximum atomic E-state index is 11.4. The van der Waals surface area contributed by atoms with Crippen molar-refractivity contribution in [2.24, 2.45) is 0 Å². The molecule has 0 aliphatic carbocycles. The van der Waals surface area contributed by atoms with E-state index in [1.165, 1.54) is 24.3 Å². The summed E-state index contributed by atoms with van der Waals surface area (Å²) in [5.41, 5.74) is 0.569. The second-order valence-corrected chi connectivity index (χ2v) is 5.93. The molecule has 0 fully saturated rings. The van der Waals surface area contributed by atoms with Crippen LogP contribution in [-0.4, -0.2) is 28.4 Å². The lowest BCUT2D eigenvalue weighted by Crippen LogP contribution is -2.27. The van der Waals surface area contributed by atoms with Gasteiger partial charge in [0.05, 0.1) is 0 Å². The van der Waals surface area contributed by atoms with E-state index in [9.17, 15) is 19.8 Å². The van der Waals surface area contributed by atoms with Crippen molar-refractivity contribution in [2.45, 2.75) is 32.5 Å². The van der Waals surface area contributed by atoms with Crippen molar-refractivity contribution in [1.82, 2.24) is 0 Å². The van der Waals surface area contributed by atoms with E-state index in [-0.39, 0.29) is 22.6 Å². The smallest absolute Gasteiger partial charge is 0.339 e. The number of rotatable bonds is 10. The molecule has 0 bridgehead atoms. The average Bonchev–Trinajstić information content (AvgIpc) is 2.66. The standard InChI is InChI=1S/C21H22O6/c1-3-4-9-14(2)21(26-17-12-7-5-10-15(17)19(22)23)27-18-13-8-6-11-16(18)20(24)25/h5-8,10-13,21H,2-4,9H2,1H3,(H,22,23)(H,24,25). The van der Waals surface area contributed by atoms with Gasteiger partial charge in [-0.3, -0.25) is 0 Å². The predicted octanol–water partition coefficient (Wildman–Crippen LogP) is 4.61. The number of carboxylic acids is 2. The van der Waals surface area contributed by atoms with Gasteiger partial charge in [-0.25, -0.2) is 9.59 Å². The van der Waals surface area contributed by atoms with Gasteiger partial charge in [0.15, 0.2) is 0 Å². The SMILES string of the molecule is C=C(CCCC)C(Oc1ccccc1C(=O)O)Oc1ccccc1C(=O)O. The molecule has 0 aromatic heterocycles. The van der Waals surface area contributed by atoms with E-state index in [1.807, 2.05) is 6.92 Å². The minimum Gasteiger partial charge on any atom is -0.478 e. The van der Waals surface area contributed by atoms with Crippen molar-refractivity contribution >= 4 is 11.9 Å². The van der Waals surface area contributed by atoms with E-state index in [2.05, 4.69) is 6.58 Å². The van der Waals surface area contributed by atoms with Crippen LogP contribution in [0, 0.1) is 0 Å². The van der Waals surface area contributed by atoms with E-state index in [0.717, 1.165) is 12.8 Å². The van der Waals surface area contributed by atoms with Crippen LogP contribution >= 0.6 is 0 Å². The summed E-state index contributed by atoms with van der Waals surface area (Å²) in [6.07, 6.45) is 1.37. The van der Waals surface area contributed by atoms with Crippen LogP contribution in [-0.2, 0) is 0 Å². The van der Waals surface area contributed by atoms with Crippen molar-refractivity contribution in [1.29, 1.82) is 0 Å². The quantitative estimate of drug-likeness (QED) is 0.468. The van der Waals surface area contributed by atoms with Crippen molar-refractivity contribution < 1.29 is 29.3 Å². The van der Waals surface area contributed by atoms with Crippen LogP contribution in [0.3, 0.4) is 0 Å². The molecule has 0 saturated carbocycles. The summed E-state index contributed by atoms with van der Waals surface area (Å²) in [4.78, 5) is 22.9. The Morgan fingerprint density at radius 2 is 1.37 bits per heavy atom. The van der Waals surface area contributed by atoms with Gasteiger partial charge in [-0.1, -0.05) is 44.2 Å². The molecule has 142 valence electrons. The molecule has 0 saturated heterocycles. The number of benzene rings is 2. The Kier molecular flexibility index (Phi) is 7.00. The molecule has 0 atom stereocenters.